The van der Waals surface area contributed by atoms with Crippen molar-refractivity contribution >= 4 is 11.9 Å². The largest absolute Gasteiger partial charge is 0.481 e. The Morgan fingerprint density at radius 2 is 0.941 bits per heavy atom. The molecule has 2 bridgehead atoms. The molecule has 17 heavy (non-hydrogen) atoms. The highest BCUT2D eigenvalue weighted by Gasteiger charge is 2.93. The molecule has 4 nitrogen and oxygen atoms in total. The molecule has 4 heteroatoms. The quantitative estimate of drug-likeness (QED) is 0.749. The van der Waals surface area contributed by atoms with Gasteiger partial charge in [0.25, 0.3) is 0 Å². The van der Waals surface area contributed by atoms with Gasteiger partial charge in [0.2, 0.25) is 0 Å². The molecule has 6 rings (SSSR count). The Hall–Kier alpha value is -1.06. The van der Waals surface area contributed by atoms with Crippen LogP contribution in [-0.2, 0) is 9.59 Å². The highest BCUT2D eigenvalue weighted by Crippen LogP contribution is 2.92. The molecule has 0 amide bonds. The molecule has 6 unspecified atom stereocenters. The molecule has 6 aliphatic rings. The normalized spacial score (nSPS) is 67.5. The predicted octanol–water partition coefficient (Wildman–Crippen LogP) is 1.06. The molecule has 6 atom stereocenters. The van der Waals surface area contributed by atoms with E-state index in [0.717, 1.165) is 19.3 Å². The van der Waals surface area contributed by atoms with Gasteiger partial charge in [-0.3, -0.25) is 9.59 Å². The number of hydrogen-bond donors (Lipinski definition) is 2. The van der Waals surface area contributed by atoms with Gasteiger partial charge >= 0.3 is 11.9 Å². The molecule has 0 spiro atoms. The molecule has 2 N–H and O–H groups in total. The van der Waals surface area contributed by atoms with Crippen LogP contribution in [0.3, 0.4) is 0 Å². The second kappa shape index (κ2) is 2.02. The van der Waals surface area contributed by atoms with E-state index in [1.165, 1.54) is 0 Å². The van der Waals surface area contributed by atoms with Gasteiger partial charge in [-0.15, -0.1) is 0 Å². The van der Waals surface area contributed by atoms with E-state index in [-0.39, 0.29) is 35.5 Å². The van der Waals surface area contributed by atoms with Gasteiger partial charge in [0.1, 0.15) is 0 Å². The van der Waals surface area contributed by atoms with Crippen LogP contribution in [-0.4, -0.2) is 22.2 Å². The average Bonchev–Trinajstić information content (AvgIpc) is 3.03. The third-order valence-corrected chi connectivity index (χ3v) is 6.79. The summed E-state index contributed by atoms with van der Waals surface area (Å²) in [7, 11) is 0. The molecule has 6 aliphatic carbocycles. The van der Waals surface area contributed by atoms with Gasteiger partial charge in [-0.05, 0) is 54.8 Å². The number of carboxylic acid groups (broad SMARTS) is 2. The summed E-state index contributed by atoms with van der Waals surface area (Å²) in [5.41, 5.74) is -1.01. The molecule has 0 aromatic heterocycles. The molecule has 0 aromatic rings. The monoisotopic (exact) mass is 234 g/mol. The third-order valence-electron chi connectivity index (χ3n) is 6.79. The predicted molar refractivity (Wildman–Crippen MR) is 54.9 cm³/mol. The van der Waals surface area contributed by atoms with Crippen molar-refractivity contribution < 1.29 is 19.8 Å². The van der Waals surface area contributed by atoms with Crippen molar-refractivity contribution in [1.82, 2.24) is 0 Å². The van der Waals surface area contributed by atoms with E-state index in [0.29, 0.717) is 0 Å². The SMILES string of the molecule is O=C(O)C12C3CC3C(C(=O)O)(C3CC31)C1CC12. The molecule has 90 valence electrons. The van der Waals surface area contributed by atoms with Gasteiger partial charge < -0.3 is 10.2 Å². The van der Waals surface area contributed by atoms with E-state index in [2.05, 4.69) is 0 Å². The number of rotatable bonds is 2. The summed E-state index contributed by atoms with van der Waals surface area (Å²) in [6.07, 6.45) is 2.58. The Kier molecular flexibility index (Phi) is 1.06. The van der Waals surface area contributed by atoms with Crippen LogP contribution in [0.5, 0.6) is 0 Å². The Morgan fingerprint density at radius 3 is 1.12 bits per heavy atom. The summed E-state index contributed by atoms with van der Waals surface area (Å²) < 4.78 is 0. The molecule has 0 radical (unpaired) electrons. The second-order valence-corrected chi connectivity index (χ2v) is 6.82. The van der Waals surface area contributed by atoms with Gasteiger partial charge in [0, 0.05) is 0 Å². The van der Waals surface area contributed by atoms with Crippen molar-refractivity contribution in [3.05, 3.63) is 0 Å². The third kappa shape index (κ3) is 0.593. The molecule has 0 heterocycles. The lowest BCUT2D eigenvalue weighted by Gasteiger charge is -2.47. The van der Waals surface area contributed by atoms with Crippen LogP contribution in [0.25, 0.3) is 0 Å². The minimum Gasteiger partial charge on any atom is -0.481 e. The summed E-state index contributed by atoms with van der Waals surface area (Å²) in [4.78, 5) is 23.5. The minimum absolute atomic E-state index is 0.184. The lowest BCUT2D eigenvalue weighted by atomic mass is 9.54. The van der Waals surface area contributed by atoms with E-state index in [1.807, 2.05) is 0 Å². The Labute approximate surface area is 98.0 Å². The summed E-state index contributed by atoms with van der Waals surface area (Å²) in [5.74, 6) is -0.140. The number of carboxylic acids is 2. The van der Waals surface area contributed by atoms with Crippen LogP contribution in [0.2, 0.25) is 0 Å². The van der Waals surface area contributed by atoms with E-state index in [4.69, 9.17) is 0 Å². The molecule has 0 aromatic carbocycles. The highest BCUT2D eigenvalue weighted by atomic mass is 16.4. The van der Waals surface area contributed by atoms with E-state index in [1.54, 1.807) is 0 Å². The van der Waals surface area contributed by atoms with Crippen molar-refractivity contribution in [2.24, 2.45) is 46.3 Å². The molecule has 6 saturated carbocycles. The topological polar surface area (TPSA) is 74.6 Å². The van der Waals surface area contributed by atoms with Gasteiger partial charge in [-0.2, -0.15) is 0 Å². The Bertz CT molecular complexity index is 405. The summed E-state index contributed by atoms with van der Waals surface area (Å²) in [6.45, 7) is 0. The number of hydrogen-bond acceptors (Lipinski definition) is 2. The van der Waals surface area contributed by atoms with Crippen molar-refractivity contribution in [2.75, 3.05) is 0 Å². The van der Waals surface area contributed by atoms with Crippen molar-refractivity contribution in [2.45, 2.75) is 19.3 Å². The lowest BCUT2D eigenvalue weighted by Crippen LogP contribution is -2.55. The Balaban J connectivity index is 1.76. The fraction of sp³-hybridized carbons (Fsp3) is 0.846. The average molecular weight is 234 g/mol. The van der Waals surface area contributed by atoms with Crippen LogP contribution in [0.15, 0.2) is 0 Å². The highest BCUT2D eigenvalue weighted by molar-refractivity contribution is 5.86. The van der Waals surface area contributed by atoms with Gasteiger partial charge in [0.05, 0.1) is 10.8 Å². The fourth-order valence-electron chi connectivity index (χ4n) is 6.35. The fourth-order valence-corrected chi connectivity index (χ4v) is 6.35. The zero-order chi connectivity index (χ0) is 11.7. The van der Waals surface area contributed by atoms with E-state index in [9.17, 15) is 19.8 Å². The standard InChI is InChI=1S/C13H14O4/c14-10(15)12-4-1-5(4)13(11(16)17,7-2-6(7)12)9-3-8(9)12/h4-9H,1-3H2,(H,14,15)(H,16,17). The van der Waals surface area contributed by atoms with E-state index < -0.39 is 22.8 Å². The Morgan fingerprint density at radius 1 is 0.706 bits per heavy atom. The molecular formula is C13H14O4. The zero-order valence-corrected chi connectivity index (χ0v) is 9.30. The first-order chi connectivity index (χ1) is 8.07. The zero-order valence-electron chi connectivity index (χ0n) is 9.30. The first-order valence-corrected chi connectivity index (χ1v) is 6.54. The maximum atomic E-state index is 11.8. The molecule has 0 saturated heterocycles. The van der Waals surface area contributed by atoms with Crippen LogP contribution < -0.4 is 0 Å². The molecular weight excluding hydrogens is 220 g/mol. The van der Waals surface area contributed by atoms with Gasteiger partial charge in [-0.1, -0.05) is 0 Å². The molecule has 0 aliphatic heterocycles. The molecule has 6 fully saturated rings. The smallest absolute Gasteiger partial charge is 0.310 e. The summed E-state index contributed by atoms with van der Waals surface area (Å²) >= 11 is 0. The first-order valence-electron chi connectivity index (χ1n) is 6.54. The minimum atomic E-state index is -0.622. The van der Waals surface area contributed by atoms with Crippen LogP contribution in [0.1, 0.15) is 19.3 Å². The van der Waals surface area contributed by atoms with Crippen LogP contribution >= 0.6 is 0 Å². The van der Waals surface area contributed by atoms with Crippen LogP contribution in [0, 0.1) is 46.3 Å². The van der Waals surface area contributed by atoms with Crippen molar-refractivity contribution in [3.8, 4) is 0 Å². The number of aliphatic carboxylic acids is 2. The van der Waals surface area contributed by atoms with E-state index >= 15 is 0 Å². The summed E-state index contributed by atoms with van der Waals surface area (Å²) in [5, 5.41) is 19.4. The maximum absolute atomic E-state index is 11.8. The van der Waals surface area contributed by atoms with Gasteiger partial charge in [-0.25, -0.2) is 0 Å². The van der Waals surface area contributed by atoms with Crippen LogP contribution in [0.4, 0.5) is 0 Å². The maximum Gasteiger partial charge on any atom is 0.310 e. The summed E-state index contributed by atoms with van der Waals surface area (Å²) in [6, 6.07) is 0. The second-order valence-electron chi connectivity index (χ2n) is 6.82. The van der Waals surface area contributed by atoms with Crippen molar-refractivity contribution in [3.63, 3.8) is 0 Å². The van der Waals surface area contributed by atoms with Crippen molar-refractivity contribution in [1.29, 1.82) is 0 Å². The van der Waals surface area contributed by atoms with Gasteiger partial charge in [0.15, 0.2) is 0 Å². The first kappa shape index (κ1) is 8.95. The lowest BCUT2D eigenvalue weighted by molar-refractivity contribution is -0.176. The number of carbonyl (C=O) groups is 2.